The van der Waals surface area contributed by atoms with E-state index in [1.54, 1.807) is 0 Å². The molecule has 1 aromatic rings. The highest BCUT2D eigenvalue weighted by atomic mass is 32.1. The SMILES string of the molecule is CN1CCC(CCNC(=O)c2cccs2)CC1. The molecule has 0 aromatic carbocycles. The lowest BCUT2D eigenvalue weighted by atomic mass is 9.94. The van der Waals surface area contributed by atoms with Gasteiger partial charge in [0, 0.05) is 6.54 Å². The second kappa shape index (κ2) is 6.17. The van der Waals surface area contributed by atoms with E-state index in [4.69, 9.17) is 0 Å². The molecule has 4 heteroatoms. The van der Waals surface area contributed by atoms with Gasteiger partial charge in [-0.15, -0.1) is 11.3 Å². The third-order valence-corrected chi connectivity index (χ3v) is 4.29. The van der Waals surface area contributed by atoms with Crippen molar-refractivity contribution < 1.29 is 4.79 Å². The van der Waals surface area contributed by atoms with E-state index >= 15 is 0 Å². The Labute approximate surface area is 107 Å². The van der Waals surface area contributed by atoms with Gasteiger partial charge in [-0.2, -0.15) is 0 Å². The summed E-state index contributed by atoms with van der Waals surface area (Å²) in [6.07, 6.45) is 3.65. The summed E-state index contributed by atoms with van der Waals surface area (Å²) in [5, 5.41) is 4.94. The van der Waals surface area contributed by atoms with Crippen molar-refractivity contribution in [3.8, 4) is 0 Å². The van der Waals surface area contributed by atoms with Gasteiger partial charge in [0.25, 0.3) is 5.91 Å². The van der Waals surface area contributed by atoms with Crippen molar-refractivity contribution in [3.05, 3.63) is 22.4 Å². The second-order valence-electron chi connectivity index (χ2n) is 4.77. The van der Waals surface area contributed by atoms with Crippen LogP contribution in [0.2, 0.25) is 0 Å². The summed E-state index contributed by atoms with van der Waals surface area (Å²) < 4.78 is 0. The average Bonchev–Trinajstić information content (AvgIpc) is 2.85. The fraction of sp³-hybridized carbons (Fsp3) is 0.615. The molecule has 2 rings (SSSR count). The number of carbonyl (C=O) groups excluding carboxylic acids is 1. The maximum absolute atomic E-state index is 11.7. The molecule has 0 spiro atoms. The Morgan fingerprint density at radius 1 is 1.53 bits per heavy atom. The smallest absolute Gasteiger partial charge is 0.261 e. The Morgan fingerprint density at radius 2 is 2.29 bits per heavy atom. The molecule has 94 valence electrons. The molecule has 17 heavy (non-hydrogen) atoms. The molecule has 1 saturated heterocycles. The van der Waals surface area contributed by atoms with Gasteiger partial charge in [0.15, 0.2) is 0 Å². The molecule has 1 aromatic heterocycles. The van der Waals surface area contributed by atoms with Crippen LogP contribution in [0.3, 0.4) is 0 Å². The normalized spacial score (nSPS) is 18.2. The van der Waals surface area contributed by atoms with Crippen LogP contribution < -0.4 is 5.32 Å². The number of hydrogen-bond donors (Lipinski definition) is 1. The molecule has 1 fully saturated rings. The number of amides is 1. The Morgan fingerprint density at radius 3 is 2.94 bits per heavy atom. The molecule has 3 nitrogen and oxygen atoms in total. The molecule has 2 heterocycles. The van der Waals surface area contributed by atoms with E-state index < -0.39 is 0 Å². The lowest BCUT2D eigenvalue weighted by Gasteiger charge is -2.28. The predicted molar refractivity (Wildman–Crippen MR) is 71.5 cm³/mol. The van der Waals surface area contributed by atoms with Crippen LogP contribution in [0.5, 0.6) is 0 Å². The van der Waals surface area contributed by atoms with Crippen LogP contribution in [0, 0.1) is 5.92 Å². The monoisotopic (exact) mass is 252 g/mol. The predicted octanol–water partition coefficient (Wildman–Crippen LogP) is 2.21. The summed E-state index contributed by atoms with van der Waals surface area (Å²) in [6, 6.07) is 3.78. The zero-order valence-corrected chi connectivity index (χ0v) is 11.1. The van der Waals surface area contributed by atoms with Gasteiger partial charge in [-0.1, -0.05) is 6.07 Å². The number of piperidine rings is 1. The second-order valence-corrected chi connectivity index (χ2v) is 5.72. The zero-order valence-electron chi connectivity index (χ0n) is 10.3. The molecule has 0 atom stereocenters. The third-order valence-electron chi connectivity index (χ3n) is 3.42. The molecular formula is C13H20N2OS. The molecule has 0 unspecified atom stereocenters. The summed E-state index contributed by atoms with van der Waals surface area (Å²) in [7, 11) is 2.18. The van der Waals surface area contributed by atoms with Crippen LogP contribution in [0.25, 0.3) is 0 Å². The third kappa shape index (κ3) is 3.82. The Balaban J connectivity index is 1.64. The van der Waals surface area contributed by atoms with Gasteiger partial charge in [-0.3, -0.25) is 4.79 Å². The first-order chi connectivity index (χ1) is 8.25. The minimum absolute atomic E-state index is 0.0768. The summed E-state index contributed by atoms with van der Waals surface area (Å²) in [5.74, 6) is 0.864. The number of nitrogens with one attached hydrogen (secondary N) is 1. The first-order valence-electron chi connectivity index (χ1n) is 6.26. The van der Waals surface area contributed by atoms with E-state index in [1.807, 2.05) is 17.5 Å². The Kier molecular flexibility index (Phi) is 4.57. The number of hydrogen-bond acceptors (Lipinski definition) is 3. The molecule has 1 aliphatic heterocycles. The van der Waals surface area contributed by atoms with Gasteiger partial charge in [-0.25, -0.2) is 0 Å². The molecule has 0 radical (unpaired) electrons. The Hall–Kier alpha value is -0.870. The number of likely N-dealkylation sites (tertiary alicyclic amines) is 1. The summed E-state index contributed by atoms with van der Waals surface area (Å²) in [6.45, 7) is 3.21. The molecular weight excluding hydrogens is 232 g/mol. The first-order valence-corrected chi connectivity index (χ1v) is 7.14. The largest absolute Gasteiger partial charge is 0.351 e. The standard InChI is InChI=1S/C13H20N2OS/c1-15-8-5-11(6-9-15)4-7-14-13(16)12-3-2-10-17-12/h2-3,10-11H,4-9H2,1H3,(H,14,16). The van der Waals surface area contributed by atoms with E-state index in [-0.39, 0.29) is 5.91 Å². The van der Waals surface area contributed by atoms with Crippen LogP contribution in [0.15, 0.2) is 17.5 Å². The number of thiophene rings is 1. The van der Waals surface area contributed by atoms with Gasteiger partial charge in [0.05, 0.1) is 4.88 Å². The minimum Gasteiger partial charge on any atom is -0.351 e. The molecule has 1 N–H and O–H groups in total. The lowest BCUT2D eigenvalue weighted by molar-refractivity contribution is 0.0953. The summed E-state index contributed by atoms with van der Waals surface area (Å²) in [5.41, 5.74) is 0. The van der Waals surface area contributed by atoms with E-state index in [1.165, 1.54) is 37.3 Å². The Bertz CT molecular complexity index is 342. The summed E-state index contributed by atoms with van der Waals surface area (Å²) in [4.78, 5) is 14.9. The van der Waals surface area contributed by atoms with Crippen LogP contribution in [0.1, 0.15) is 28.9 Å². The van der Waals surface area contributed by atoms with Gasteiger partial charge in [0.2, 0.25) is 0 Å². The van der Waals surface area contributed by atoms with Gasteiger partial charge >= 0.3 is 0 Å². The van der Waals surface area contributed by atoms with Crippen molar-refractivity contribution in [3.63, 3.8) is 0 Å². The molecule has 0 aliphatic carbocycles. The van der Waals surface area contributed by atoms with E-state index in [0.29, 0.717) is 0 Å². The fourth-order valence-electron chi connectivity index (χ4n) is 2.24. The van der Waals surface area contributed by atoms with Crippen molar-refractivity contribution in [1.82, 2.24) is 10.2 Å². The maximum atomic E-state index is 11.7. The fourth-order valence-corrected chi connectivity index (χ4v) is 2.88. The molecule has 1 amide bonds. The highest BCUT2D eigenvalue weighted by Crippen LogP contribution is 2.18. The van der Waals surface area contributed by atoms with E-state index in [9.17, 15) is 4.79 Å². The number of nitrogens with zero attached hydrogens (tertiary/aromatic N) is 1. The minimum atomic E-state index is 0.0768. The van der Waals surface area contributed by atoms with E-state index in [2.05, 4.69) is 17.3 Å². The highest BCUT2D eigenvalue weighted by molar-refractivity contribution is 7.12. The zero-order chi connectivity index (χ0) is 12.1. The molecule has 0 bridgehead atoms. The van der Waals surface area contributed by atoms with Gasteiger partial charge in [-0.05, 0) is 56.8 Å². The number of rotatable bonds is 4. The molecule has 0 saturated carbocycles. The lowest BCUT2D eigenvalue weighted by Crippen LogP contribution is -2.32. The van der Waals surface area contributed by atoms with Crippen molar-refractivity contribution in [1.29, 1.82) is 0 Å². The van der Waals surface area contributed by atoms with Crippen molar-refractivity contribution in [2.24, 2.45) is 5.92 Å². The summed E-state index contributed by atoms with van der Waals surface area (Å²) >= 11 is 1.50. The quantitative estimate of drug-likeness (QED) is 0.891. The topological polar surface area (TPSA) is 32.3 Å². The van der Waals surface area contributed by atoms with Crippen molar-refractivity contribution in [2.45, 2.75) is 19.3 Å². The highest BCUT2D eigenvalue weighted by Gasteiger charge is 2.16. The molecule has 1 aliphatic rings. The first kappa shape index (κ1) is 12.6. The van der Waals surface area contributed by atoms with Crippen molar-refractivity contribution >= 4 is 17.2 Å². The van der Waals surface area contributed by atoms with Crippen molar-refractivity contribution in [2.75, 3.05) is 26.7 Å². The van der Waals surface area contributed by atoms with Crippen LogP contribution in [-0.2, 0) is 0 Å². The van der Waals surface area contributed by atoms with Gasteiger partial charge in [0.1, 0.15) is 0 Å². The maximum Gasteiger partial charge on any atom is 0.261 e. The van der Waals surface area contributed by atoms with E-state index in [0.717, 1.165) is 23.8 Å². The van der Waals surface area contributed by atoms with Gasteiger partial charge < -0.3 is 10.2 Å². The number of carbonyl (C=O) groups is 1. The average molecular weight is 252 g/mol. The van der Waals surface area contributed by atoms with Crippen LogP contribution in [0.4, 0.5) is 0 Å². The van der Waals surface area contributed by atoms with Crippen LogP contribution in [-0.4, -0.2) is 37.5 Å². The van der Waals surface area contributed by atoms with Crippen LogP contribution >= 0.6 is 11.3 Å².